The Morgan fingerprint density at radius 2 is 1.74 bits per heavy atom. The zero-order chi connectivity index (χ0) is 24.2. The van der Waals surface area contributed by atoms with E-state index < -0.39 is 11.7 Å². The van der Waals surface area contributed by atoms with Gasteiger partial charge in [-0.1, -0.05) is 6.07 Å². The third-order valence-corrected chi connectivity index (χ3v) is 5.69. The van der Waals surface area contributed by atoms with Crippen molar-refractivity contribution in [1.82, 2.24) is 15.6 Å². The Bertz CT molecular complexity index is 1240. The van der Waals surface area contributed by atoms with E-state index in [1.54, 1.807) is 24.4 Å². The zero-order valence-electron chi connectivity index (χ0n) is 19.0. The van der Waals surface area contributed by atoms with Crippen LogP contribution in [-0.2, 0) is 4.79 Å². The summed E-state index contributed by atoms with van der Waals surface area (Å²) in [6, 6.07) is 11.0. The Morgan fingerprint density at radius 3 is 2.35 bits per heavy atom. The van der Waals surface area contributed by atoms with Gasteiger partial charge < -0.3 is 26.0 Å². The molecule has 1 fully saturated rings. The van der Waals surface area contributed by atoms with E-state index in [9.17, 15) is 19.1 Å². The first-order chi connectivity index (χ1) is 16.4. The molecule has 0 bridgehead atoms. The summed E-state index contributed by atoms with van der Waals surface area (Å²) in [4.78, 5) is 30.4. The summed E-state index contributed by atoms with van der Waals surface area (Å²) >= 11 is 0. The molecule has 2 aromatic carbocycles. The molecule has 1 aliphatic heterocycles. The molecule has 4 rings (SSSR count). The van der Waals surface area contributed by atoms with Crippen molar-refractivity contribution in [3.63, 3.8) is 0 Å². The number of nitrogens with one attached hydrogen (secondary N) is 3. The lowest BCUT2D eigenvalue weighted by molar-refractivity contribution is -0.114. The van der Waals surface area contributed by atoms with Gasteiger partial charge in [-0.05, 0) is 47.5 Å². The Balaban J connectivity index is 1.82. The number of phenolic OH excluding ortho intramolecular Hbond substituents is 1. The second-order valence-electron chi connectivity index (χ2n) is 8.01. The van der Waals surface area contributed by atoms with Gasteiger partial charge in [0.25, 0.3) is 5.91 Å². The summed E-state index contributed by atoms with van der Waals surface area (Å²) in [5, 5.41) is 19.5. The van der Waals surface area contributed by atoms with Crippen LogP contribution in [0.3, 0.4) is 0 Å². The lowest BCUT2D eigenvalue weighted by atomic mass is 9.94. The number of anilines is 2. The van der Waals surface area contributed by atoms with E-state index >= 15 is 0 Å². The number of hydrogen-bond donors (Lipinski definition) is 4. The quantitative estimate of drug-likeness (QED) is 0.464. The molecule has 1 aliphatic rings. The molecule has 2 amide bonds. The van der Waals surface area contributed by atoms with Gasteiger partial charge in [0.1, 0.15) is 17.4 Å². The number of carbonyl (C=O) groups excluding carboxylic acids is 2. The molecule has 0 saturated carbocycles. The van der Waals surface area contributed by atoms with Crippen molar-refractivity contribution >= 4 is 23.3 Å². The van der Waals surface area contributed by atoms with Crippen molar-refractivity contribution in [2.24, 2.45) is 0 Å². The first-order valence-corrected chi connectivity index (χ1v) is 11.0. The molecule has 176 valence electrons. The van der Waals surface area contributed by atoms with Gasteiger partial charge >= 0.3 is 0 Å². The summed E-state index contributed by atoms with van der Waals surface area (Å²) in [6.45, 7) is 4.63. The maximum absolute atomic E-state index is 14.6. The topological polar surface area (TPSA) is 107 Å². The predicted octanol–water partition coefficient (Wildman–Crippen LogP) is 2.99. The Morgan fingerprint density at radius 1 is 1.06 bits per heavy atom. The molecule has 4 N–H and O–H groups in total. The highest BCUT2D eigenvalue weighted by atomic mass is 19.1. The van der Waals surface area contributed by atoms with Crippen LogP contribution in [0.25, 0.3) is 22.3 Å². The fourth-order valence-electron chi connectivity index (χ4n) is 3.98. The smallest absolute Gasteiger partial charge is 0.251 e. The largest absolute Gasteiger partial charge is 0.507 e. The Kier molecular flexibility index (Phi) is 6.74. The Labute approximate surface area is 196 Å². The van der Waals surface area contributed by atoms with Crippen molar-refractivity contribution in [1.29, 1.82) is 0 Å². The van der Waals surface area contributed by atoms with Crippen LogP contribution in [0.1, 0.15) is 17.3 Å². The van der Waals surface area contributed by atoms with Gasteiger partial charge in [0, 0.05) is 63.0 Å². The average molecular weight is 464 g/mol. The molecule has 1 aromatic heterocycles. The molecule has 0 radical (unpaired) electrons. The first-order valence-electron chi connectivity index (χ1n) is 11.0. The van der Waals surface area contributed by atoms with Crippen LogP contribution >= 0.6 is 0 Å². The summed E-state index contributed by atoms with van der Waals surface area (Å²) < 4.78 is 14.6. The van der Waals surface area contributed by atoms with Gasteiger partial charge in [-0.3, -0.25) is 9.59 Å². The lowest BCUT2D eigenvalue weighted by Gasteiger charge is -2.28. The number of hydrogen-bond acceptors (Lipinski definition) is 6. The van der Waals surface area contributed by atoms with Gasteiger partial charge in [-0.15, -0.1) is 0 Å². The molecule has 1 saturated heterocycles. The zero-order valence-corrected chi connectivity index (χ0v) is 19.0. The van der Waals surface area contributed by atoms with Crippen molar-refractivity contribution in [3.8, 4) is 28.0 Å². The van der Waals surface area contributed by atoms with Crippen LogP contribution in [0, 0.1) is 5.82 Å². The number of phenols is 1. The van der Waals surface area contributed by atoms with E-state index in [-0.39, 0.29) is 17.3 Å². The standard InChI is InChI=1S/C25H26FN5O3/c1-15(32)30-22-4-3-16(13-21(22)26)19-11-18(25(34)27-2)12-20(24(19)33)17-5-6-29-23(14-17)31-9-7-28-8-10-31/h3-6,11-14,28,33H,7-10H2,1-2H3,(H,27,34)(H,30,32). The lowest BCUT2D eigenvalue weighted by Crippen LogP contribution is -2.43. The highest BCUT2D eigenvalue weighted by molar-refractivity contribution is 5.99. The first kappa shape index (κ1) is 23.2. The average Bonchev–Trinajstić information content (AvgIpc) is 2.85. The molecule has 8 nitrogen and oxygen atoms in total. The van der Waals surface area contributed by atoms with E-state index in [1.165, 1.54) is 32.2 Å². The minimum absolute atomic E-state index is 0.0354. The number of benzene rings is 2. The van der Waals surface area contributed by atoms with Crippen LogP contribution in [0.2, 0.25) is 0 Å². The van der Waals surface area contributed by atoms with Crippen LogP contribution in [0.15, 0.2) is 48.7 Å². The van der Waals surface area contributed by atoms with E-state index in [2.05, 4.69) is 25.8 Å². The highest BCUT2D eigenvalue weighted by Crippen LogP contribution is 2.40. The van der Waals surface area contributed by atoms with Crippen LogP contribution in [-0.4, -0.2) is 55.1 Å². The molecule has 0 spiro atoms. The molecule has 0 unspecified atom stereocenters. The number of rotatable bonds is 5. The van der Waals surface area contributed by atoms with Crippen molar-refractivity contribution in [2.45, 2.75) is 6.92 Å². The van der Waals surface area contributed by atoms with E-state index in [4.69, 9.17) is 0 Å². The maximum Gasteiger partial charge on any atom is 0.251 e. The molecular formula is C25H26FN5O3. The van der Waals surface area contributed by atoms with Gasteiger partial charge in [-0.2, -0.15) is 0 Å². The van der Waals surface area contributed by atoms with E-state index in [0.29, 0.717) is 27.8 Å². The number of aromatic hydroxyl groups is 1. The molecular weight excluding hydrogens is 437 g/mol. The number of nitrogens with zero attached hydrogens (tertiary/aromatic N) is 2. The van der Waals surface area contributed by atoms with Crippen molar-refractivity contribution < 1.29 is 19.1 Å². The molecule has 9 heteroatoms. The second-order valence-corrected chi connectivity index (χ2v) is 8.01. The third-order valence-electron chi connectivity index (χ3n) is 5.69. The minimum Gasteiger partial charge on any atom is -0.507 e. The fraction of sp³-hybridized carbons (Fsp3) is 0.240. The van der Waals surface area contributed by atoms with Gasteiger partial charge in [0.05, 0.1) is 5.69 Å². The normalized spacial score (nSPS) is 13.4. The summed E-state index contributed by atoms with van der Waals surface area (Å²) in [5.41, 5.74) is 2.13. The summed E-state index contributed by atoms with van der Waals surface area (Å²) in [6.07, 6.45) is 1.67. The highest BCUT2D eigenvalue weighted by Gasteiger charge is 2.19. The number of carbonyl (C=O) groups is 2. The van der Waals surface area contributed by atoms with Crippen LogP contribution < -0.4 is 20.9 Å². The summed E-state index contributed by atoms with van der Waals surface area (Å²) in [7, 11) is 1.52. The minimum atomic E-state index is -0.649. The molecule has 34 heavy (non-hydrogen) atoms. The molecule has 0 atom stereocenters. The van der Waals surface area contributed by atoms with Gasteiger partial charge in [0.15, 0.2) is 0 Å². The maximum atomic E-state index is 14.6. The van der Waals surface area contributed by atoms with E-state index in [1.807, 2.05) is 6.07 Å². The van der Waals surface area contributed by atoms with Gasteiger partial charge in [-0.25, -0.2) is 9.37 Å². The second kappa shape index (κ2) is 9.88. The molecule has 2 heterocycles. The SMILES string of the molecule is CNC(=O)c1cc(-c2ccnc(N3CCNCC3)c2)c(O)c(-c2ccc(NC(C)=O)c(F)c2)c1. The monoisotopic (exact) mass is 463 g/mol. The molecule has 3 aromatic rings. The van der Waals surface area contributed by atoms with Crippen LogP contribution in [0.5, 0.6) is 5.75 Å². The van der Waals surface area contributed by atoms with E-state index in [0.717, 1.165) is 32.0 Å². The number of pyridine rings is 1. The van der Waals surface area contributed by atoms with Crippen molar-refractivity contribution in [2.75, 3.05) is 43.4 Å². The van der Waals surface area contributed by atoms with Crippen LogP contribution in [0.4, 0.5) is 15.9 Å². The predicted molar refractivity (Wildman–Crippen MR) is 130 cm³/mol. The third kappa shape index (κ3) is 4.84. The molecule has 0 aliphatic carbocycles. The van der Waals surface area contributed by atoms with Crippen molar-refractivity contribution in [3.05, 3.63) is 60.0 Å². The number of aromatic nitrogens is 1. The van der Waals surface area contributed by atoms with Gasteiger partial charge in [0.2, 0.25) is 5.91 Å². The number of halogens is 1. The fourth-order valence-corrected chi connectivity index (χ4v) is 3.98. The number of piperazine rings is 1. The number of amides is 2. The Hall–Kier alpha value is -3.98. The summed E-state index contributed by atoms with van der Waals surface area (Å²) in [5.74, 6) is -0.692.